The lowest BCUT2D eigenvalue weighted by atomic mass is 9.97. The molecule has 1 N–H and O–H groups in total. The molecule has 0 saturated carbocycles. The molecule has 150 valence electrons. The van der Waals surface area contributed by atoms with Gasteiger partial charge in [-0.3, -0.25) is 9.79 Å². The largest absolute Gasteiger partial charge is 0.466 e. The highest BCUT2D eigenvalue weighted by Gasteiger charge is 2.27. The van der Waals surface area contributed by atoms with Crippen LogP contribution in [0, 0.1) is 5.92 Å². The van der Waals surface area contributed by atoms with E-state index in [1.807, 2.05) is 13.0 Å². The van der Waals surface area contributed by atoms with E-state index in [-0.39, 0.29) is 11.9 Å². The zero-order valence-electron chi connectivity index (χ0n) is 17.0. The van der Waals surface area contributed by atoms with Crippen molar-refractivity contribution in [2.75, 3.05) is 46.4 Å². The van der Waals surface area contributed by atoms with E-state index in [9.17, 15) is 4.79 Å². The van der Waals surface area contributed by atoms with Crippen molar-refractivity contribution in [2.45, 2.75) is 33.2 Å². The third-order valence-electron chi connectivity index (χ3n) is 4.79. The zero-order chi connectivity index (χ0) is 19.5. The Morgan fingerprint density at radius 2 is 1.96 bits per heavy atom. The zero-order valence-corrected chi connectivity index (χ0v) is 17.0. The van der Waals surface area contributed by atoms with Crippen LogP contribution < -0.4 is 5.32 Å². The van der Waals surface area contributed by atoms with E-state index in [0.29, 0.717) is 6.61 Å². The molecule has 0 spiro atoms. The lowest BCUT2D eigenvalue weighted by molar-refractivity contribution is -0.149. The average Bonchev–Trinajstić information content (AvgIpc) is 2.68. The fraction of sp³-hybridized carbons (Fsp3) is 0.619. The number of rotatable bonds is 8. The highest BCUT2D eigenvalue weighted by atomic mass is 16.5. The van der Waals surface area contributed by atoms with E-state index in [4.69, 9.17) is 9.73 Å². The van der Waals surface area contributed by atoms with Gasteiger partial charge >= 0.3 is 5.97 Å². The summed E-state index contributed by atoms with van der Waals surface area (Å²) < 4.78 is 5.16. The summed E-state index contributed by atoms with van der Waals surface area (Å²) in [6.07, 6.45) is 1.66. The molecular formula is C21H34N4O2. The quantitative estimate of drug-likeness (QED) is 0.430. The van der Waals surface area contributed by atoms with Crippen molar-refractivity contribution < 1.29 is 9.53 Å². The van der Waals surface area contributed by atoms with Gasteiger partial charge in [0.1, 0.15) is 0 Å². The summed E-state index contributed by atoms with van der Waals surface area (Å²) in [6.45, 7) is 9.52. The number of hydrogen-bond acceptors (Lipinski definition) is 4. The summed E-state index contributed by atoms with van der Waals surface area (Å²) in [6, 6.07) is 10.5. The number of esters is 1. The molecule has 27 heavy (non-hydrogen) atoms. The van der Waals surface area contributed by atoms with Crippen molar-refractivity contribution in [2.24, 2.45) is 10.9 Å². The Labute approximate surface area is 163 Å². The average molecular weight is 375 g/mol. The monoisotopic (exact) mass is 374 g/mol. The third kappa shape index (κ3) is 7.21. The first kappa shape index (κ1) is 21.2. The second-order valence-electron chi connectivity index (χ2n) is 6.97. The van der Waals surface area contributed by atoms with Gasteiger partial charge in [-0.05, 0) is 39.3 Å². The Hall–Kier alpha value is -2.08. The molecule has 0 atom stereocenters. The molecule has 2 rings (SSSR count). The molecule has 0 unspecified atom stereocenters. The van der Waals surface area contributed by atoms with E-state index < -0.39 is 0 Å². The SMILES string of the molecule is CCNC(=NCCN(C)Cc1ccccc1)N1CCC(C(=O)OCC)CC1. The summed E-state index contributed by atoms with van der Waals surface area (Å²) in [5.41, 5.74) is 1.32. The highest BCUT2D eigenvalue weighted by molar-refractivity contribution is 5.80. The molecule has 1 saturated heterocycles. The van der Waals surface area contributed by atoms with Gasteiger partial charge in [-0.1, -0.05) is 30.3 Å². The fourth-order valence-corrected chi connectivity index (χ4v) is 3.31. The predicted octanol–water partition coefficient (Wildman–Crippen LogP) is 2.36. The van der Waals surface area contributed by atoms with Crippen molar-refractivity contribution in [1.29, 1.82) is 0 Å². The molecule has 1 fully saturated rings. The van der Waals surface area contributed by atoms with Crippen molar-refractivity contribution in [3.05, 3.63) is 35.9 Å². The molecule has 1 aliphatic rings. The Balaban J connectivity index is 1.81. The number of piperidine rings is 1. The number of aliphatic imine (C=N–C) groups is 1. The van der Waals surface area contributed by atoms with Crippen LogP contribution >= 0.6 is 0 Å². The highest BCUT2D eigenvalue weighted by Crippen LogP contribution is 2.18. The normalized spacial score (nSPS) is 15.9. The van der Waals surface area contributed by atoms with Crippen LogP contribution in [0.4, 0.5) is 0 Å². The van der Waals surface area contributed by atoms with Gasteiger partial charge in [0.25, 0.3) is 0 Å². The lowest BCUT2D eigenvalue weighted by Crippen LogP contribution is -2.47. The van der Waals surface area contributed by atoms with Gasteiger partial charge < -0.3 is 19.9 Å². The first-order chi connectivity index (χ1) is 13.1. The number of carbonyl (C=O) groups excluding carboxylic acids is 1. The number of nitrogens with zero attached hydrogens (tertiary/aromatic N) is 3. The Kier molecular flexibility index (Phi) is 9.11. The van der Waals surface area contributed by atoms with Crippen LogP contribution in [-0.4, -0.2) is 68.1 Å². The maximum absolute atomic E-state index is 11.9. The van der Waals surface area contributed by atoms with E-state index >= 15 is 0 Å². The number of likely N-dealkylation sites (N-methyl/N-ethyl adjacent to an activating group) is 1. The maximum atomic E-state index is 11.9. The molecule has 6 nitrogen and oxygen atoms in total. The van der Waals surface area contributed by atoms with E-state index in [1.165, 1.54) is 5.56 Å². The summed E-state index contributed by atoms with van der Waals surface area (Å²) >= 11 is 0. The number of guanidine groups is 1. The van der Waals surface area contributed by atoms with Crippen molar-refractivity contribution in [1.82, 2.24) is 15.1 Å². The standard InChI is InChI=1S/C21H34N4O2/c1-4-22-21(25-14-11-19(12-15-25)20(26)27-5-2)23-13-16-24(3)17-18-9-7-6-8-10-18/h6-10,19H,4-5,11-17H2,1-3H3,(H,22,23). The molecule has 0 amide bonds. The van der Waals surface area contributed by atoms with Gasteiger partial charge in [-0.25, -0.2) is 0 Å². The summed E-state index contributed by atoms with van der Waals surface area (Å²) in [4.78, 5) is 21.3. The van der Waals surface area contributed by atoms with Crippen LogP contribution in [-0.2, 0) is 16.1 Å². The number of ether oxygens (including phenoxy) is 1. The van der Waals surface area contributed by atoms with Gasteiger partial charge in [-0.15, -0.1) is 0 Å². The topological polar surface area (TPSA) is 57.2 Å². The van der Waals surface area contributed by atoms with Gasteiger partial charge in [0, 0.05) is 32.7 Å². The molecule has 0 aromatic heterocycles. The minimum Gasteiger partial charge on any atom is -0.466 e. The van der Waals surface area contributed by atoms with Crippen LogP contribution in [0.2, 0.25) is 0 Å². The number of carbonyl (C=O) groups is 1. The number of likely N-dealkylation sites (tertiary alicyclic amines) is 1. The maximum Gasteiger partial charge on any atom is 0.309 e. The van der Waals surface area contributed by atoms with Crippen molar-refractivity contribution >= 4 is 11.9 Å². The van der Waals surface area contributed by atoms with Crippen molar-refractivity contribution in [3.63, 3.8) is 0 Å². The second kappa shape index (κ2) is 11.6. The van der Waals surface area contributed by atoms with Crippen molar-refractivity contribution in [3.8, 4) is 0 Å². The summed E-state index contributed by atoms with van der Waals surface area (Å²) in [7, 11) is 2.13. The number of benzene rings is 1. The second-order valence-corrected chi connectivity index (χ2v) is 6.97. The number of hydrogen-bond donors (Lipinski definition) is 1. The van der Waals surface area contributed by atoms with E-state index in [0.717, 1.165) is 58.1 Å². The lowest BCUT2D eigenvalue weighted by Gasteiger charge is -2.33. The minimum absolute atomic E-state index is 0.0288. The molecule has 0 radical (unpaired) electrons. The van der Waals surface area contributed by atoms with Gasteiger partial charge in [0.2, 0.25) is 0 Å². The van der Waals surface area contributed by atoms with Crippen LogP contribution in [0.1, 0.15) is 32.3 Å². The first-order valence-corrected chi connectivity index (χ1v) is 10.1. The molecule has 0 aliphatic carbocycles. The smallest absolute Gasteiger partial charge is 0.309 e. The first-order valence-electron chi connectivity index (χ1n) is 10.1. The molecule has 1 aromatic rings. The van der Waals surface area contributed by atoms with Crippen LogP contribution in [0.25, 0.3) is 0 Å². The molecule has 1 heterocycles. The van der Waals surface area contributed by atoms with Crippen LogP contribution in [0.3, 0.4) is 0 Å². The summed E-state index contributed by atoms with van der Waals surface area (Å²) in [5, 5.41) is 3.39. The Morgan fingerprint density at radius 1 is 1.26 bits per heavy atom. The number of nitrogens with one attached hydrogen (secondary N) is 1. The van der Waals surface area contributed by atoms with E-state index in [1.54, 1.807) is 0 Å². The molecule has 1 aliphatic heterocycles. The Morgan fingerprint density at radius 3 is 2.59 bits per heavy atom. The fourth-order valence-electron chi connectivity index (χ4n) is 3.31. The van der Waals surface area contributed by atoms with Gasteiger partial charge in [0.05, 0.1) is 19.1 Å². The minimum atomic E-state index is -0.0540. The molecule has 6 heteroatoms. The van der Waals surface area contributed by atoms with Gasteiger partial charge in [-0.2, -0.15) is 0 Å². The van der Waals surface area contributed by atoms with Crippen LogP contribution in [0.5, 0.6) is 0 Å². The summed E-state index contributed by atoms with van der Waals surface area (Å²) in [5.74, 6) is 0.927. The molecular weight excluding hydrogens is 340 g/mol. The predicted molar refractivity (Wildman–Crippen MR) is 110 cm³/mol. The Bertz CT molecular complexity index is 583. The van der Waals surface area contributed by atoms with Gasteiger partial charge in [0.15, 0.2) is 5.96 Å². The molecule has 1 aromatic carbocycles. The van der Waals surface area contributed by atoms with Crippen LogP contribution in [0.15, 0.2) is 35.3 Å². The van der Waals surface area contributed by atoms with E-state index in [2.05, 4.69) is 53.4 Å². The third-order valence-corrected chi connectivity index (χ3v) is 4.79. The molecule has 0 bridgehead atoms.